The third-order valence-electron chi connectivity index (χ3n) is 3.22. The molecule has 1 N–H and O–H groups in total. The Hall–Kier alpha value is -2.04. The second kappa shape index (κ2) is 7.49. The van der Waals surface area contributed by atoms with Crippen molar-refractivity contribution in [1.29, 1.82) is 0 Å². The van der Waals surface area contributed by atoms with E-state index in [2.05, 4.69) is 33.4 Å². The largest absolute Gasteiger partial charge is 0.321 e. The normalized spacial score (nSPS) is 10.3. The van der Waals surface area contributed by atoms with Crippen LogP contribution in [0, 0.1) is 0 Å². The highest BCUT2D eigenvalue weighted by Gasteiger charge is 2.12. The van der Waals surface area contributed by atoms with Crippen LogP contribution >= 0.6 is 27.7 Å². The minimum Gasteiger partial charge on any atom is -0.321 e. The molecular formula is C19H14BrNOS. The first-order valence-electron chi connectivity index (χ1n) is 7.12. The van der Waals surface area contributed by atoms with Gasteiger partial charge in [-0.25, -0.2) is 0 Å². The fraction of sp³-hybridized carbons (Fsp3) is 0. The average molecular weight is 384 g/mol. The Kier molecular flexibility index (Phi) is 5.16. The number of amides is 1. The minimum atomic E-state index is -0.126. The lowest BCUT2D eigenvalue weighted by Crippen LogP contribution is -2.13. The number of benzene rings is 3. The van der Waals surface area contributed by atoms with Crippen molar-refractivity contribution in [2.75, 3.05) is 5.32 Å². The molecule has 0 aliphatic rings. The molecule has 0 unspecified atom stereocenters. The molecule has 0 saturated carbocycles. The number of para-hydroxylation sites is 1. The van der Waals surface area contributed by atoms with Crippen LogP contribution in [0.25, 0.3) is 0 Å². The topological polar surface area (TPSA) is 29.1 Å². The Balaban J connectivity index is 1.84. The summed E-state index contributed by atoms with van der Waals surface area (Å²) in [6.45, 7) is 0. The summed E-state index contributed by atoms with van der Waals surface area (Å²) in [6.07, 6.45) is 0. The molecule has 3 rings (SSSR count). The molecule has 0 aliphatic carbocycles. The van der Waals surface area contributed by atoms with E-state index in [4.69, 9.17) is 0 Å². The number of hydrogen-bond donors (Lipinski definition) is 1. The lowest BCUT2D eigenvalue weighted by atomic mass is 10.2. The van der Waals surface area contributed by atoms with Crippen molar-refractivity contribution < 1.29 is 4.79 Å². The first-order valence-corrected chi connectivity index (χ1v) is 8.73. The van der Waals surface area contributed by atoms with E-state index in [-0.39, 0.29) is 5.91 Å². The molecule has 2 nitrogen and oxygen atoms in total. The van der Waals surface area contributed by atoms with Gasteiger partial charge >= 0.3 is 0 Å². The van der Waals surface area contributed by atoms with E-state index in [0.29, 0.717) is 5.56 Å². The van der Waals surface area contributed by atoms with Crippen LogP contribution < -0.4 is 5.32 Å². The maximum atomic E-state index is 12.5. The summed E-state index contributed by atoms with van der Waals surface area (Å²) in [5, 5.41) is 3.00. The Labute approximate surface area is 148 Å². The monoisotopic (exact) mass is 383 g/mol. The number of nitrogens with one attached hydrogen (secondary N) is 1. The Morgan fingerprint density at radius 1 is 0.826 bits per heavy atom. The lowest BCUT2D eigenvalue weighted by Gasteiger charge is -2.11. The molecule has 0 saturated heterocycles. The van der Waals surface area contributed by atoms with Gasteiger partial charge in [0.1, 0.15) is 0 Å². The zero-order valence-electron chi connectivity index (χ0n) is 12.2. The molecule has 23 heavy (non-hydrogen) atoms. The van der Waals surface area contributed by atoms with E-state index < -0.39 is 0 Å². The summed E-state index contributed by atoms with van der Waals surface area (Å²) in [5.74, 6) is -0.126. The van der Waals surface area contributed by atoms with E-state index in [1.807, 2.05) is 60.7 Å². The van der Waals surface area contributed by atoms with Crippen LogP contribution in [0.4, 0.5) is 5.69 Å². The summed E-state index contributed by atoms with van der Waals surface area (Å²) < 4.78 is 0.783. The fourth-order valence-electron chi connectivity index (χ4n) is 2.11. The first kappa shape index (κ1) is 15.8. The van der Waals surface area contributed by atoms with Crippen LogP contribution in [-0.2, 0) is 0 Å². The van der Waals surface area contributed by atoms with Gasteiger partial charge in [0.05, 0.1) is 11.3 Å². The molecule has 0 radical (unpaired) electrons. The van der Waals surface area contributed by atoms with Gasteiger partial charge in [0.2, 0.25) is 0 Å². The molecule has 0 bridgehead atoms. The number of anilines is 1. The van der Waals surface area contributed by atoms with Gasteiger partial charge in [-0.2, -0.15) is 0 Å². The maximum Gasteiger partial charge on any atom is 0.256 e. The summed E-state index contributed by atoms with van der Waals surface area (Å²) in [5.41, 5.74) is 1.43. The number of carbonyl (C=O) groups is 1. The van der Waals surface area contributed by atoms with E-state index in [1.54, 1.807) is 17.8 Å². The van der Waals surface area contributed by atoms with Gasteiger partial charge in [-0.15, -0.1) is 0 Å². The third kappa shape index (κ3) is 4.03. The molecule has 114 valence electrons. The summed E-state index contributed by atoms with van der Waals surface area (Å²) in [6, 6.07) is 25.3. The highest BCUT2D eigenvalue weighted by atomic mass is 79.9. The molecule has 0 heterocycles. The smallest absolute Gasteiger partial charge is 0.256 e. The highest BCUT2D eigenvalue weighted by Crippen LogP contribution is 2.33. The number of carbonyl (C=O) groups excluding carboxylic acids is 1. The molecule has 0 atom stereocenters. The van der Waals surface area contributed by atoms with Gasteiger partial charge in [-0.3, -0.25) is 4.79 Å². The second-order valence-electron chi connectivity index (χ2n) is 4.85. The maximum absolute atomic E-state index is 12.5. The van der Waals surface area contributed by atoms with Gasteiger partial charge in [0, 0.05) is 14.3 Å². The van der Waals surface area contributed by atoms with Crippen molar-refractivity contribution in [3.63, 3.8) is 0 Å². The standard InChI is InChI=1S/C19H14BrNOS/c20-16-11-5-4-10-15(16)19(22)21-17-12-6-7-13-18(17)23-14-8-2-1-3-9-14/h1-13H,(H,21,22). The lowest BCUT2D eigenvalue weighted by molar-refractivity contribution is 0.102. The van der Waals surface area contributed by atoms with E-state index in [1.165, 1.54) is 0 Å². The Morgan fingerprint density at radius 3 is 2.26 bits per heavy atom. The zero-order chi connectivity index (χ0) is 16.1. The van der Waals surface area contributed by atoms with Crippen LogP contribution in [0.1, 0.15) is 10.4 Å². The fourth-order valence-corrected chi connectivity index (χ4v) is 3.50. The van der Waals surface area contributed by atoms with Crippen molar-refractivity contribution in [3.8, 4) is 0 Å². The van der Waals surface area contributed by atoms with Crippen molar-refractivity contribution >= 4 is 39.3 Å². The highest BCUT2D eigenvalue weighted by molar-refractivity contribution is 9.10. The number of hydrogen-bond acceptors (Lipinski definition) is 2. The molecule has 3 aromatic rings. The third-order valence-corrected chi connectivity index (χ3v) is 5.00. The Bertz CT molecular complexity index is 820. The number of rotatable bonds is 4. The molecule has 0 aliphatic heterocycles. The molecule has 0 spiro atoms. The summed E-state index contributed by atoms with van der Waals surface area (Å²) in [4.78, 5) is 14.6. The molecule has 4 heteroatoms. The van der Waals surface area contributed by atoms with Crippen LogP contribution in [0.2, 0.25) is 0 Å². The van der Waals surface area contributed by atoms with Gasteiger partial charge < -0.3 is 5.32 Å². The predicted molar refractivity (Wildman–Crippen MR) is 99.1 cm³/mol. The first-order chi connectivity index (χ1) is 11.2. The van der Waals surface area contributed by atoms with E-state index >= 15 is 0 Å². The molecule has 0 fully saturated rings. The SMILES string of the molecule is O=C(Nc1ccccc1Sc1ccccc1)c1ccccc1Br. The number of halogens is 1. The van der Waals surface area contributed by atoms with Crippen molar-refractivity contribution in [1.82, 2.24) is 0 Å². The van der Waals surface area contributed by atoms with E-state index in [0.717, 1.165) is 20.0 Å². The molecule has 3 aromatic carbocycles. The van der Waals surface area contributed by atoms with Crippen molar-refractivity contribution in [3.05, 3.63) is 88.9 Å². The second-order valence-corrected chi connectivity index (χ2v) is 6.81. The van der Waals surface area contributed by atoms with Crippen LogP contribution in [0.3, 0.4) is 0 Å². The quantitative estimate of drug-likeness (QED) is 0.611. The summed E-state index contributed by atoms with van der Waals surface area (Å²) >= 11 is 5.05. The van der Waals surface area contributed by atoms with Gasteiger partial charge in [0.15, 0.2) is 0 Å². The van der Waals surface area contributed by atoms with Crippen LogP contribution in [-0.4, -0.2) is 5.91 Å². The molecule has 0 aromatic heterocycles. The zero-order valence-corrected chi connectivity index (χ0v) is 14.6. The van der Waals surface area contributed by atoms with Gasteiger partial charge in [-0.05, 0) is 52.3 Å². The van der Waals surface area contributed by atoms with Crippen LogP contribution in [0.5, 0.6) is 0 Å². The van der Waals surface area contributed by atoms with E-state index in [9.17, 15) is 4.79 Å². The summed E-state index contributed by atoms with van der Waals surface area (Å²) in [7, 11) is 0. The van der Waals surface area contributed by atoms with Crippen molar-refractivity contribution in [2.45, 2.75) is 9.79 Å². The molecule has 1 amide bonds. The minimum absolute atomic E-state index is 0.126. The van der Waals surface area contributed by atoms with Crippen molar-refractivity contribution in [2.24, 2.45) is 0 Å². The predicted octanol–water partition coefficient (Wildman–Crippen LogP) is 5.85. The Morgan fingerprint density at radius 2 is 1.48 bits per heavy atom. The van der Waals surface area contributed by atoms with Gasteiger partial charge in [0.25, 0.3) is 5.91 Å². The van der Waals surface area contributed by atoms with Gasteiger partial charge in [-0.1, -0.05) is 54.2 Å². The van der Waals surface area contributed by atoms with Crippen LogP contribution in [0.15, 0.2) is 93.1 Å². The molecular weight excluding hydrogens is 370 g/mol. The average Bonchev–Trinajstić information content (AvgIpc) is 2.58.